The number of rotatable bonds is 5. The van der Waals surface area contributed by atoms with E-state index in [0.717, 1.165) is 30.7 Å². The van der Waals surface area contributed by atoms with E-state index in [1.54, 1.807) is 0 Å². The zero-order valence-corrected chi connectivity index (χ0v) is 14.4. The van der Waals surface area contributed by atoms with E-state index in [1.807, 2.05) is 12.3 Å². The predicted molar refractivity (Wildman–Crippen MR) is 97.0 cm³/mol. The van der Waals surface area contributed by atoms with Gasteiger partial charge in [0.15, 0.2) is 5.82 Å². The summed E-state index contributed by atoms with van der Waals surface area (Å²) in [4.78, 5) is 11.7. The molecule has 2 aromatic heterocycles. The summed E-state index contributed by atoms with van der Waals surface area (Å²) in [6, 6.07) is 4.54. The lowest BCUT2D eigenvalue weighted by atomic mass is 9.68. The van der Waals surface area contributed by atoms with Crippen LogP contribution in [0.5, 0.6) is 0 Å². The summed E-state index contributed by atoms with van der Waals surface area (Å²) >= 11 is 0. The Morgan fingerprint density at radius 1 is 1.24 bits per heavy atom. The molecule has 0 radical (unpaired) electrons. The van der Waals surface area contributed by atoms with Crippen LogP contribution in [0.3, 0.4) is 0 Å². The molecule has 7 nitrogen and oxygen atoms in total. The summed E-state index contributed by atoms with van der Waals surface area (Å²) < 4.78 is 0. The fourth-order valence-electron chi connectivity index (χ4n) is 4.37. The van der Waals surface area contributed by atoms with Gasteiger partial charge in [-0.15, -0.1) is 0 Å². The van der Waals surface area contributed by atoms with Gasteiger partial charge in [-0.2, -0.15) is 10.1 Å². The molecule has 4 fully saturated rings. The van der Waals surface area contributed by atoms with E-state index in [9.17, 15) is 0 Å². The van der Waals surface area contributed by atoms with Crippen LogP contribution in [-0.2, 0) is 0 Å². The Morgan fingerprint density at radius 2 is 2.08 bits per heavy atom. The fraction of sp³-hybridized carbons (Fsp3) is 0.611. The van der Waals surface area contributed by atoms with Crippen molar-refractivity contribution in [2.24, 2.45) is 11.1 Å². The first-order chi connectivity index (χ1) is 12.2. The van der Waals surface area contributed by atoms with Crippen molar-refractivity contribution >= 4 is 17.6 Å². The molecule has 6 rings (SSSR count). The number of hydrogen-bond acceptors (Lipinski definition) is 6. The molecule has 2 aliphatic heterocycles. The van der Waals surface area contributed by atoms with Crippen molar-refractivity contribution in [2.75, 3.05) is 23.3 Å². The molecule has 2 aromatic rings. The quantitative estimate of drug-likeness (QED) is 0.775. The van der Waals surface area contributed by atoms with E-state index in [-0.39, 0.29) is 5.41 Å². The number of aromatic amines is 1. The maximum atomic E-state index is 6.09. The molecule has 0 atom stereocenters. The molecule has 4 heterocycles. The predicted octanol–water partition coefficient (Wildman–Crippen LogP) is 2.53. The maximum Gasteiger partial charge on any atom is 0.227 e. The second kappa shape index (κ2) is 5.69. The number of H-pyrrole nitrogens is 1. The highest BCUT2D eigenvalue weighted by Gasteiger charge is 2.44. The third-order valence-electron chi connectivity index (χ3n) is 6.17. The molecule has 0 aromatic carbocycles. The minimum Gasteiger partial charge on any atom is -0.337 e. The molecule has 0 unspecified atom stereocenters. The number of hydrogen-bond donors (Lipinski definition) is 3. The molecule has 2 aliphatic carbocycles. The largest absolute Gasteiger partial charge is 0.337 e. The minimum atomic E-state index is 0.253. The molecule has 4 N–H and O–H groups in total. The number of nitrogens with zero attached hydrogens (tertiary/aromatic N) is 4. The first kappa shape index (κ1) is 15.1. The van der Waals surface area contributed by atoms with Gasteiger partial charge in [0.25, 0.3) is 0 Å². The molecule has 0 spiro atoms. The van der Waals surface area contributed by atoms with Crippen molar-refractivity contribution in [1.82, 2.24) is 20.2 Å². The molecule has 2 bridgehead atoms. The van der Waals surface area contributed by atoms with E-state index in [2.05, 4.69) is 31.5 Å². The summed E-state index contributed by atoms with van der Waals surface area (Å²) in [5, 5.41) is 10.8. The van der Waals surface area contributed by atoms with Gasteiger partial charge in [-0.3, -0.25) is 5.10 Å². The van der Waals surface area contributed by atoms with Gasteiger partial charge in [-0.05, 0) is 51.1 Å². The van der Waals surface area contributed by atoms with Gasteiger partial charge in [0.05, 0.1) is 0 Å². The maximum absolute atomic E-state index is 6.09. The average Bonchev–Trinajstić information content (AvgIpc) is 3.42. The van der Waals surface area contributed by atoms with E-state index >= 15 is 0 Å². The molecule has 25 heavy (non-hydrogen) atoms. The van der Waals surface area contributed by atoms with E-state index in [4.69, 9.17) is 10.7 Å². The molecule has 4 aliphatic rings. The molecular formula is C18H25N7. The van der Waals surface area contributed by atoms with E-state index in [1.165, 1.54) is 44.2 Å². The zero-order chi connectivity index (χ0) is 16.9. The van der Waals surface area contributed by atoms with Gasteiger partial charge >= 0.3 is 0 Å². The lowest BCUT2D eigenvalue weighted by molar-refractivity contribution is 0.131. The smallest absolute Gasteiger partial charge is 0.227 e. The van der Waals surface area contributed by atoms with Gasteiger partial charge in [0, 0.05) is 41.9 Å². The Bertz CT molecular complexity index is 758. The highest BCUT2D eigenvalue weighted by atomic mass is 15.3. The molecule has 7 heteroatoms. The second-order valence-electron chi connectivity index (χ2n) is 7.91. The Kier molecular flexibility index (Phi) is 3.45. The Labute approximate surface area is 147 Å². The summed E-state index contributed by atoms with van der Waals surface area (Å²) in [6.07, 6.45) is 9.22. The zero-order valence-electron chi connectivity index (χ0n) is 14.4. The topological polar surface area (TPSA) is 95.8 Å². The number of nitrogens with one attached hydrogen (secondary N) is 2. The standard InChI is InChI=1S/C18H25N7/c19-10-18-6-3-13(4-7-18)25(11-18)17-20-8-5-15(22-17)21-16-9-14(23-24-16)12-1-2-12/h5,8-9,12-13H,1-4,6-7,10-11,19H2,(H2,20,21,22,23,24). The van der Waals surface area contributed by atoms with Gasteiger partial charge < -0.3 is 16.0 Å². The first-order valence-electron chi connectivity index (χ1n) is 9.37. The monoisotopic (exact) mass is 339 g/mol. The van der Waals surface area contributed by atoms with Gasteiger partial charge in [-0.1, -0.05) is 0 Å². The third-order valence-corrected chi connectivity index (χ3v) is 6.17. The van der Waals surface area contributed by atoms with E-state index in [0.29, 0.717) is 12.0 Å². The normalized spacial score (nSPS) is 28.4. The lowest BCUT2D eigenvalue weighted by Gasteiger charge is -2.52. The SMILES string of the molecule is NCC12CCC(CC1)N(c1nccc(Nc3cc(C4CC4)[nH]n3)n1)C2. The van der Waals surface area contributed by atoms with Gasteiger partial charge in [0.1, 0.15) is 5.82 Å². The van der Waals surface area contributed by atoms with Gasteiger partial charge in [-0.25, -0.2) is 4.98 Å². The Hall–Kier alpha value is -2.15. The fourth-order valence-corrected chi connectivity index (χ4v) is 4.37. The van der Waals surface area contributed by atoms with Crippen molar-refractivity contribution in [2.45, 2.75) is 50.5 Å². The molecule has 2 saturated heterocycles. The van der Waals surface area contributed by atoms with Crippen molar-refractivity contribution in [3.8, 4) is 0 Å². The van der Waals surface area contributed by atoms with Crippen LogP contribution in [0, 0.1) is 5.41 Å². The van der Waals surface area contributed by atoms with Crippen LogP contribution < -0.4 is 16.0 Å². The molecule has 0 amide bonds. The minimum absolute atomic E-state index is 0.253. The lowest BCUT2D eigenvalue weighted by Crippen LogP contribution is -2.57. The number of nitrogens with two attached hydrogens (primary N) is 1. The molecule has 2 saturated carbocycles. The number of fused-ring (bicyclic) bond motifs is 3. The summed E-state index contributed by atoms with van der Waals surface area (Å²) in [5.41, 5.74) is 7.56. The first-order valence-corrected chi connectivity index (χ1v) is 9.37. The molecule has 132 valence electrons. The van der Waals surface area contributed by atoms with Crippen LogP contribution in [-0.4, -0.2) is 39.3 Å². The average molecular weight is 339 g/mol. The summed E-state index contributed by atoms with van der Waals surface area (Å²) in [7, 11) is 0. The van der Waals surface area contributed by atoms with E-state index < -0.39 is 0 Å². The second-order valence-corrected chi connectivity index (χ2v) is 7.91. The molecular weight excluding hydrogens is 314 g/mol. The number of piperidine rings is 2. The van der Waals surface area contributed by atoms with Crippen LogP contribution in [0.1, 0.15) is 50.1 Å². The van der Waals surface area contributed by atoms with Crippen molar-refractivity contribution in [3.63, 3.8) is 0 Å². The Balaban J connectivity index is 1.35. The van der Waals surface area contributed by atoms with Gasteiger partial charge in [0.2, 0.25) is 5.95 Å². The third kappa shape index (κ3) is 2.76. The van der Waals surface area contributed by atoms with Crippen LogP contribution in [0.15, 0.2) is 18.3 Å². The summed E-state index contributed by atoms with van der Waals surface area (Å²) in [5.74, 6) is 3.10. The number of anilines is 3. The van der Waals surface area contributed by atoms with Crippen molar-refractivity contribution in [1.29, 1.82) is 0 Å². The van der Waals surface area contributed by atoms with Crippen molar-refractivity contribution < 1.29 is 0 Å². The van der Waals surface area contributed by atoms with Crippen LogP contribution in [0.25, 0.3) is 0 Å². The highest BCUT2D eigenvalue weighted by Crippen LogP contribution is 2.45. The summed E-state index contributed by atoms with van der Waals surface area (Å²) in [6.45, 7) is 1.73. The Morgan fingerprint density at radius 3 is 2.84 bits per heavy atom. The van der Waals surface area contributed by atoms with Crippen LogP contribution in [0.2, 0.25) is 0 Å². The van der Waals surface area contributed by atoms with Crippen molar-refractivity contribution in [3.05, 3.63) is 24.0 Å². The van der Waals surface area contributed by atoms with Crippen LogP contribution >= 0.6 is 0 Å². The number of aromatic nitrogens is 4. The highest BCUT2D eigenvalue weighted by molar-refractivity contribution is 5.54. The van der Waals surface area contributed by atoms with Crippen LogP contribution in [0.4, 0.5) is 17.6 Å².